The summed E-state index contributed by atoms with van der Waals surface area (Å²) in [5, 5.41) is 32.7. The van der Waals surface area contributed by atoms with E-state index in [1.54, 1.807) is 12.1 Å². The lowest BCUT2D eigenvalue weighted by molar-refractivity contribution is -0.384. The van der Waals surface area contributed by atoms with Crippen LogP contribution >= 0.6 is 11.3 Å². The Morgan fingerprint density at radius 2 is 2.33 bits per heavy atom. The zero-order valence-corrected chi connectivity index (χ0v) is 13.8. The number of anilines is 1. The lowest BCUT2D eigenvalue weighted by atomic mass is 10.0. The van der Waals surface area contributed by atoms with Crippen LogP contribution in [0.4, 0.5) is 11.4 Å². The summed E-state index contributed by atoms with van der Waals surface area (Å²) in [4.78, 5) is 13.9. The third kappa shape index (κ3) is 3.25. The van der Waals surface area contributed by atoms with Crippen molar-refractivity contribution in [2.75, 3.05) is 11.4 Å². The highest BCUT2D eigenvalue weighted by Crippen LogP contribution is 2.37. The van der Waals surface area contributed by atoms with E-state index in [-0.39, 0.29) is 17.3 Å². The number of rotatable bonds is 5. The van der Waals surface area contributed by atoms with Crippen LogP contribution in [-0.4, -0.2) is 22.6 Å². The third-order valence-corrected chi connectivity index (χ3v) is 5.33. The van der Waals surface area contributed by atoms with Crippen LogP contribution in [-0.2, 0) is 0 Å². The van der Waals surface area contributed by atoms with E-state index >= 15 is 0 Å². The first kappa shape index (κ1) is 16.4. The minimum Gasteiger partial charge on any atom is -0.387 e. The van der Waals surface area contributed by atoms with Crippen LogP contribution in [0.15, 0.2) is 35.7 Å². The van der Waals surface area contributed by atoms with Crippen molar-refractivity contribution in [2.24, 2.45) is 0 Å². The molecule has 0 aliphatic carbocycles. The van der Waals surface area contributed by atoms with Gasteiger partial charge in [-0.2, -0.15) is 5.26 Å². The fourth-order valence-electron chi connectivity index (χ4n) is 3.23. The minimum atomic E-state index is -0.562. The van der Waals surface area contributed by atoms with Gasteiger partial charge in [-0.1, -0.05) is 6.07 Å². The number of benzene rings is 1. The van der Waals surface area contributed by atoms with Gasteiger partial charge in [0.15, 0.2) is 0 Å². The van der Waals surface area contributed by atoms with Gasteiger partial charge in [0.1, 0.15) is 5.69 Å². The molecular weight excluding hydrogens is 326 g/mol. The summed E-state index contributed by atoms with van der Waals surface area (Å²) in [5.74, 6) is 0. The van der Waals surface area contributed by atoms with E-state index in [1.165, 1.54) is 17.4 Å². The van der Waals surface area contributed by atoms with E-state index in [0.717, 1.165) is 17.7 Å². The van der Waals surface area contributed by atoms with Gasteiger partial charge in [0.2, 0.25) is 0 Å². The molecule has 6 nitrogen and oxygen atoms in total. The maximum absolute atomic E-state index is 11.4. The number of nitro benzene ring substituents is 1. The van der Waals surface area contributed by atoms with E-state index in [1.807, 2.05) is 28.5 Å². The Kier molecular flexibility index (Phi) is 4.79. The molecule has 0 saturated carbocycles. The van der Waals surface area contributed by atoms with Crippen molar-refractivity contribution in [2.45, 2.75) is 31.4 Å². The van der Waals surface area contributed by atoms with Crippen molar-refractivity contribution in [3.8, 4) is 6.07 Å². The number of thiophene rings is 1. The first-order valence-corrected chi connectivity index (χ1v) is 8.64. The Morgan fingerprint density at radius 3 is 3.00 bits per heavy atom. The quantitative estimate of drug-likeness (QED) is 0.661. The van der Waals surface area contributed by atoms with Crippen LogP contribution in [0.3, 0.4) is 0 Å². The first-order valence-electron chi connectivity index (χ1n) is 7.77. The summed E-state index contributed by atoms with van der Waals surface area (Å²) >= 11 is 1.51. The Hall–Kier alpha value is -2.43. The molecule has 0 spiro atoms. The molecule has 2 atom stereocenters. The minimum absolute atomic E-state index is 0.0495. The molecule has 124 valence electrons. The van der Waals surface area contributed by atoms with E-state index in [9.17, 15) is 15.2 Å². The Labute approximate surface area is 143 Å². The molecule has 1 saturated heterocycles. The predicted octanol–water partition coefficient (Wildman–Crippen LogP) is 3.62. The molecule has 2 aromatic rings. The predicted molar refractivity (Wildman–Crippen MR) is 92.1 cm³/mol. The number of nitriles is 1. The summed E-state index contributed by atoms with van der Waals surface area (Å²) in [7, 11) is 0. The molecule has 0 amide bonds. The Balaban J connectivity index is 1.85. The van der Waals surface area contributed by atoms with Crippen LogP contribution in [0.5, 0.6) is 0 Å². The van der Waals surface area contributed by atoms with Gasteiger partial charge in [0.05, 0.1) is 22.7 Å². The van der Waals surface area contributed by atoms with Crippen molar-refractivity contribution in [1.29, 1.82) is 5.26 Å². The van der Waals surface area contributed by atoms with Crippen LogP contribution in [0.2, 0.25) is 0 Å². The molecule has 0 unspecified atom stereocenters. The SMILES string of the molecule is N#Cc1ccc(N2CCC[C@H]2C[C@H](O)c2cccs2)c([N+](=O)[O-])c1. The van der Waals surface area contributed by atoms with Gasteiger partial charge in [-0.15, -0.1) is 11.3 Å². The van der Waals surface area contributed by atoms with Gasteiger partial charge >= 0.3 is 0 Å². The average molecular weight is 343 g/mol. The number of hydrogen-bond acceptors (Lipinski definition) is 6. The van der Waals surface area contributed by atoms with Crippen molar-refractivity contribution < 1.29 is 10.0 Å². The molecule has 1 N–H and O–H groups in total. The normalized spacial score (nSPS) is 18.3. The standard InChI is InChI=1S/C17H17N3O3S/c18-11-12-5-6-14(15(9-12)20(22)23)19-7-1-3-13(19)10-16(21)17-4-2-8-24-17/h2,4-6,8-9,13,16,21H,1,3,7,10H2/t13-,16-/m0/s1. The average Bonchev–Trinajstić information content (AvgIpc) is 3.25. The topological polar surface area (TPSA) is 90.4 Å². The van der Waals surface area contributed by atoms with E-state index < -0.39 is 11.0 Å². The maximum Gasteiger partial charge on any atom is 0.293 e. The van der Waals surface area contributed by atoms with E-state index in [0.29, 0.717) is 18.7 Å². The lowest BCUT2D eigenvalue weighted by Gasteiger charge is -2.28. The fraction of sp³-hybridized carbons (Fsp3) is 0.353. The zero-order chi connectivity index (χ0) is 17.1. The fourth-order valence-corrected chi connectivity index (χ4v) is 3.96. The van der Waals surface area contributed by atoms with Gasteiger partial charge in [-0.25, -0.2) is 0 Å². The van der Waals surface area contributed by atoms with Crippen LogP contribution in [0, 0.1) is 21.4 Å². The van der Waals surface area contributed by atoms with Gasteiger partial charge in [0, 0.05) is 23.5 Å². The number of aliphatic hydroxyl groups excluding tert-OH is 1. The molecule has 1 aliphatic rings. The van der Waals surface area contributed by atoms with Gasteiger partial charge in [-0.3, -0.25) is 10.1 Å². The highest BCUT2D eigenvalue weighted by Gasteiger charge is 2.31. The smallest absolute Gasteiger partial charge is 0.293 e. The highest BCUT2D eigenvalue weighted by atomic mass is 32.1. The monoisotopic (exact) mass is 343 g/mol. The van der Waals surface area contributed by atoms with Crippen molar-refractivity contribution in [3.63, 3.8) is 0 Å². The molecule has 1 fully saturated rings. The second kappa shape index (κ2) is 6.99. The molecule has 7 heteroatoms. The van der Waals surface area contributed by atoms with Crippen molar-refractivity contribution >= 4 is 22.7 Å². The second-order valence-corrected chi connectivity index (χ2v) is 6.81. The van der Waals surface area contributed by atoms with Gasteiger partial charge in [0.25, 0.3) is 5.69 Å². The number of hydrogen-bond donors (Lipinski definition) is 1. The Morgan fingerprint density at radius 1 is 1.50 bits per heavy atom. The molecule has 2 heterocycles. The van der Waals surface area contributed by atoms with Crippen molar-refractivity contribution in [3.05, 3.63) is 56.3 Å². The van der Waals surface area contributed by atoms with E-state index in [2.05, 4.69) is 0 Å². The third-order valence-electron chi connectivity index (χ3n) is 4.35. The van der Waals surface area contributed by atoms with Crippen molar-refractivity contribution in [1.82, 2.24) is 0 Å². The first-order chi connectivity index (χ1) is 11.6. The molecule has 24 heavy (non-hydrogen) atoms. The van der Waals surface area contributed by atoms with Crippen LogP contribution in [0.25, 0.3) is 0 Å². The molecule has 1 aromatic heterocycles. The summed E-state index contributed by atoms with van der Waals surface area (Å²) < 4.78 is 0. The van der Waals surface area contributed by atoms with Crippen LogP contribution < -0.4 is 4.90 Å². The number of aliphatic hydroxyl groups is 1. The molecule has 0 bridgehead atoms. The van der Waals surface area contributed by atoms with Gasteiger partial charge < -0.3 is 10.0 Å². The lowest BCUT2D eigenvalue weighted by Crippen LogP contribution is -2.31. The molecule has 0 radical (unpaired) electrons. The summed E-state index contributed by atoms with van der Waals surface area (Å²) in [6.45, 7) is 0.717. The summed E-state index contributed by atoms with van der Waals surface area (Å²) in [6.07, 6.45) is 1.80. The molecule has 3 rings (SSSR count). The Bertz CT molecular complexity index is 770. The summed E-state index contributed by atoms with van der Waals surface area (Å²) in [5.41, 5.74) is 0.756. The van der Waals surface area contributed by atoms with Crippen LogP contribution in [0.1, 0.15) is 35.8 Å². The maximum atomic E-state index is 11.4. The largest absolute Gasteiger partial charge is 0.387 e. The van der Waals surface area contributed by atoms with E-state index in [4.69, 9.17) is 5.26 Å². The van der Waals surface area contributed by atoms with Gasteiger partial charge in [-0.05, 0) is 42.8 Å². The molecule has 1 aromatic carbocycles. The number of nitro groups is 1. The highest BCUT2D eigenvalue weighted by molar-refractivity contribution is 7.10. The summed E-state index contributed by atoms with van der Waals surface area (Å²) in [6, 6.07) is 10.4. The zero-order valence-electron chi connectivity index (χ0n) is 13.0. The second-order valence-electron chi connectivity index (χ2n) is 5.83. The molecule has 1 aliphatic heterocycles. The molecular formula is C17H17N3O3S. The number of nitrogens with zero attached hydrogens (tertiary/aromatic N) is 3.